The zero-order valence-electron chi connectivity index (χ0n) is 16.4. The summed E-state index contributed by atoms with van der Waals surface area (Å²) in [6.07, 6.45) is 0.987. The van der Waals surface area contributed by atoms with Crippen molar-refractivity contribution in [3.05, 3.63) is 22.6 Å². The standard InChI is InChI=1S/C18H23N5O7S/c19-14-10(15(26)23-17(20)22-14)4-2-1-3-9-5-8-13(31-9)30-18(29)21-11(16(27)28)6-7-12(24)25/h5,8,11H,1-4,6-7H2,(H,21,29)(H,24,25)(H,27,28)(H5,19,20,22,23,26)/t11-/m0/s1. The first-order valence-electron chi connectivity index (χ1n) is 9.28. The molecule has 0 aliphatic heterocycles. The van der Waals surface area contributed by atoms with Crippen LogP contribution in [0.25, 0.3) is 0 Å². The van der Waals surface area contributed by atoms with E-state index >= 15 is 0 Å². The summed E-state index contributed by atoms with van der Waals surface area (Å²) >= 11 is 1.23. The lowest BCUT2D eigenvalue weighted by Gasteiger charge is -2.12. The molecule has 2 rings (SSSR count). The molecule has 31 heavy (non-hydrogen) atoms. The van der Waals surface area contributed by atoms with Crippen molar-refractivity contribution in [1.82, 2.24) is 15.3 Å². The third kappa shape index (κ3) is 7.62. The first kappa shape index (κ1) is 23.7. The number of hydrogen-bond donors (Lipinski definition) is 6. The number of rotatable bonds is 11. The highest BCUT2D eigenvalue weighted by molar-refractivity contribution is 7.13. The van der Waals surface area contributed by atoms with E-state index in [4.69, 9.17) is 26.4 Å². The predicted molar refractivity (Wildman–Crippen MR) is 111 cm³/mol. The number of carboxylic acids is 2. The van der Waals surface area contributed by atoms with Crippen LogP contribution in [0, 0.1) is 0 Å². The van der Waals surface area contributed by atoms with E-state index in [1.807, 2.05) is 0 Å². The Morgan fingerprint density at radius 2 is 1.84 bits per heavy atom. The Kier molecular flexibility index (Phi) is 8.37. The van der Waals surface area contributed by atoms with Gasteiger partial charge in [-0.3, -0.25) is 4.79 Å². The highest BCUT2D eigenvalue weighted by atomic mass is 32.1. The molecule has 0 fully saturated rings. The summed E-state index contributed by atoms with van der Waals surface area (Å²) in [4.78, 5) is 42.0. The summed E-state index contributed by atoms with van der Waals surface area (Å²) in [6.45, 7) is 0. The van der Waals surface area contributed by atoms with Gasteiger partial charge in [-0.05, 0) is 44.2 Å². The molecule has 1 amide bonds. The molecule has 2 aromatic rings. The average molecular weight is 453 g/mol. The second-order valence-electron chi connectivity index (χ2n) is 6.55. The molecule has 0 bridgehead atoms. The van der Waals surface area contributed by atoms with Crippen molar-refractivity contribution < 1.29 is 34.4 Å². The van der Waals surface area contributed by atoms with Crippen LogP contribution in [0.1, 0.15) is 36.1 Å². The van der Waals surface area contributed by atoms with Crippen LogP contribution in [-0.2, 0) is 22.4 Å². The van der Waals surface area contributed by atoms with Crippen LogP contribution in [0.5, 0.6) is 10.9 Å². The number of nitrogens with zero attached hydrogens (tertiary/aromatic N) is 2. The molecule has 8 N–H and O–H groups in total. The number of nitrogen functional groups attached to an aromatic ring is 2. The monoisotopic (exact) mass is 453 g/mol. The second-order valence-corrected chi connectivity index (χ2v) is 7.69. The summed E-state index contributed by atoms with van der Waals surface area (Å²) in [5, 5.41) is 29.9. The molecule has 12 nitrogen and oxygen atoms in total. The summed E-state index contributed by atoms with van der Waals surface area (Å²) in [5.41, 5.74) is 11.6. The number of aliphatic carboxylic acids is 2. The number of ether oxygens (including phenoxy) is 1. The minimum atomic E-state index is -1.36. The number of carbonyl (C=O) groups excluding carboxylic acids is 1. The van der Waals surface area contributed by atoms with Crippen LogP contribution in [0.3, 0.4) is 0 Å². The molecular weight excluding hydrogens is 430 g/mol. The van der Waals surface area contributed by atoms with Crippen LogP contribution in [0.15, 0.2) is 12.1 Å². The lowest BCUT2D eigenvalue weighted by atomic mass is 10.1. The van der Waals surface area contributed by atoms with E-state index in [1.165, 1.54) is 11.3 Å². The number of hydrogen-bond acceptors (Lipinski definition) is 10. The zero-order chi connectivity index (χ0) is 23.0. The molecule has 0 spiro atoms. The third-order valence-electron chi connectivity index (χ3n) is 4.20. The molecular formula is C18H23N5O7S. The highest BCUT2D eigenvalue weighted by Crippen LogP contribution is 2.27. The van der Waals surface area contributed by atoms with Gasteiger partial charge in [0.1, 0.15) is 11.9 Å². The maximum absolute atomic E-state index is 11.9. The van der Waals surface area contributed by atoms with Gasteiger partial charge in [-0.2, -0.15) is 9.97 Å². The summed E-state index contributed by atoms with van der Waals surface area (Å²) < 4.78 is 5.08. The number of nitrogens with two attached hydrogens (primary N) is 2. The maximum atomic E-state index is 11.9. The van der Waals surface area contributed by atoms with Gasteiger partial charge in [0.25, 0.3) is 0 Å². The number of unbranched alkanes of at least 4 members (excludes halogenated alkanes) is 1. The lowest BCUT2D eigenvalue weighted by molar-refractivity contribution is -0.140. The van der Waals surface area contributed by atoms with Crippen LogP contribution in [-0.4, -0.2) is 49.4 Å². The predicted octanol–water partition coefficient (Wildman–Crippen LogP) is 1.38. The quantitative estimate of drug-likeness (QED) is 0.267. The smallest absolute Gasteiger partial charge is 0.414 e. The van der Waals surface area contributed by atoms with E-state index in [-0.39, 0.29) is 29.1 Å². The van der Waals surface area contributed by atoms with E-state index in [9.17, 15) is 19.5 Å². The number of anilines is 2. The molecule has 168 valence electrons. The second kappa shape index (κ2) is 11.0. The minimum Gasteiger partial charge on any atom is -0.493 e. The van der Waals surface area contributed by atoms with Crippen molar-refractivity contribution in [3.8, 4) is 10.9 Å². The van der Waals surface area contributed by atoms with E-state index < -0.39 is 30.5 Å². The van der Waals surface area contributed by atoms with E-state index in [2.05, 4.69) is 15.3 Å². The molecule has 0 radical (unpaired) electrons. The van der Waals surface area contributed by atoms with Crippen molar-refractivity contribution in [3.63, 3.8) is 0 Å². The number of nitrogens with one attached hydrogen (secondary N) is 1. The fraction of sp³-hybridized carbons (Fsp3) is 0.389. The molecule has 2 aromatic heterocycles. The Bertz CT molecular complexity index is 926. The molecule has 13 heteroatoms. The number of amides is 1. The Hall–Kier alpha value is -3.61. The molecule has 0 saturated heterocycles. The molecule has 0 aliphatic rings. The first-order chi connectivity index (χ1) is 14.7. The molecule has 1 atom stereocenters. The van der Waals surface area contributed by atoms with Crippen molar-refractivity contribution in [2.75, 3.05) is 11.5 Å². The van der Waals surface area contributed by atoms with Crippen LogP contribution >= 0.6 is 11.3 Å². The molecule has 0 aromatic carbocycles. The van der Waals surface area contributed by atoms with Crippen molar-refractivity contribution in [1.29, 1.82) is 0 Å². The van der Waals surface area contributed by atoms with Gasteiger partial charge in [0.05, 0.1) is 5.56 Å². The van der Waals surface area contributed by atoms with Gasteiger partial charge in [-0.1, -0.05) is 0 Å². The summed E-state index contributed by atoms with van der Waals surface area (Å²) in [7, 11) is 0. The minimum absolute atomic E-state index is 0.0922. The molecule has 2 heterocycles. The topological polar surface area (TPSA) is 211 Å². The Balaban J connectivity index is 1.79. The number of thiophene rings is 1. The lowest BCUT2D eigenvalue weighted by Crippen LogP contribution is -2.42. The highest BCUT2D eigenvalue weighted by Gasteiger charge is 2.22. The Morgan fingerprint density at radius 1 is 1.13 bits per heavy atom. The van der Waals surface area contributed by atoms with Gasteiger partial charge in [-0.25, -0.2) is 9.59 Å². The third-order valence-corrected chi connectivity index (χ3v) is 5.22. The van der Waals surface area contributed by atoms with Crippen molar-refractivity contribution in [2.24, 2.45) is 0 Å². The summed E-state index contributed by atoms with van der Waals surface area (Å²) in [5.74, 6) is -2.68. The van der Waals surface area contributed by atoms with Crippen LogP contribution in [0.2, 0.25) is 0 Å². The Morgan fingerprint density at radius 3 is 2.48 bits per heavy atom. The van der Waals surface area contributed by atoms with Gasteiger partial charge in [0.2, 0.25) is 11.8 Å². The largest absolute Gasteiger partial charge is 0.493 e. The number of carbonyl (C=O) groups is 3. The Labute approximate surface area is 180 Å². The molecule has 0 aliphatic carbocycles. The zero-order valence-corrected chi connectivity index (χ0v) is 17.2. The number of aromatic nitrogens is 2. The SMILES string of the molecule is Nc1nc(N)c(CCCCc2ccc(OC(=O)N[C@@H](CCC(=O)O)C(=O)O)s2)c(O)n1. The van der Waals surface area contributed by atoms with E-state index in [0.717, 1.165) is 11.3 Å². The van der Waals surface area contributed by atoms with Gasteiger partial charge >= 0.3 is 18.0 Å². The van der Waals surface area contributed by atoms with Crippen LogP contribution < -0.4 is 21.5 Å². The number of carboxylic acid groups (broad SMARTS) is 2. The number of aromatic hydroxyl groups is 1. The van der Waals surface area contributed by atoms with E-state index in [0.29, 0.717) is 24.8 Å². The number of aryl methyl sites for hydroxylation is 1. The summed E-state index contributed by atoms with van der Waals surface area (Å²) in [6, 6.07) is 2.01. The van der Waals surface area contributed by atoms with E-state index in [1.54, 1.807) is 12.1 Å². The van der Waals surface area contributed by atoms with Gasteiger partial charge in [0, 0.05) is 11.3 Å². The molecule has 0 unspecified atom stereocenters. The maximum Gasteiger partial charge on any atom is 0.414 e. The fourth-order valence-electron chi connectivity index (χ4n) is 2.68. The normalized spacial score (nSPS) is 11.6. The fourth-order valence-corrected chi connectivity index (χ4v) is 3.58. The average Bonchev–Trinajstić information content (AvgIpc) is 3.10. The van der Waals surface area contributed by atoms with Gasteiger partial charge in [-0.15, -0.1) is 11.3 Å². The first-order valence-corrected chi connectivity index (χ1v) is 10.1. The van der Waals surface area contributed by atoms with Gasteiger partial charge in [0.15, 0.2) is 5.06 Å². The molecule has 0 saturated carbocycles. The van der Waals surface area contributed by atoms with Crippen molar-refractivity contribution >= 4 is 41.1 Å². The van der Waals surface area contributed by atoms with Crippen molar-refractivity contribution in [2.45, 2.75) is 44.6 Å². The van der Waals surface area contributed by atoms with Gasteiger partial charge < -0.3 is 36.8 Å². The van der Waals surface area contributed by atoms with Crippen LogP contribution in [0.4, 0.5) is 16.6 Å².